The highest BCUT2D eigenvalue weighted by Crippen LogP contribution is 2.13. The molecule has 0 saturated carbocycles. The molecule has 0 bridgehead atoms. The van der Waals surface area contributed by atoms with Gasteiger partial charge in [0.05, 0.1) is 26.9 Å². The van der Waals surface area contributed by atoms with Crippen molar-refractivity contribution in [3.05, 3.63) is 48.1 Å². The van der Waals surface area contributed by atoms with Crippen molar-refractivity contribution in [1.29, 1.82) is 0 Å². The topological polar surface area (TPSA) is 71.1 Å². The Morgan fingerprint density at radius 2 is 1.79 bits per heavy atom. The van der Waals surface area contributed by atoms with E-state index >= 15 is 0 Å². The first kappa shape index (κ1) is 19.6. The summed E-state index contributed by atoms with van der Waals surface area (Å²) in [5, 5.41) is 0. The van der Waals surface area contributed by atoms with Crippen molar-refractivity contribution in [3.63, 3.8) is 0 Å². The number of benzene rings is 1. The van der Waals surface area contributed by atoms with E-state index in [1.165, 1.54) is 6.08 Å². The normalized spacial score (nSPS) is 11.1. The molecule has 0 atom stereocenters. The number of methoxy groups -OCH3 is 2. The van der Waals surface area contributed by atoms with Crippen molar-refractivity contribution in [1.82, 2.24) is 0 Å². The van der Waals surface area contributed by atoms with Gasteiger partial charge in [0.2, 0.25) is 0 Å². The second-order valence-corrected chi connectivity index (χ2v) is 4.62. The highest BCUT2D eigenvalue weighted by atomic mass is 16.6. The second kappa shape index (κ2) is 12.0. The molecule has 0 aliphatic carbocycles. The molecular weight excluding hydrogens is 312 g/mol. The molecule has 0 aliphatic rings. The number of ketones is 1. The summed E-state index contributed by atoms with van der Waals surface area (Å²) >= 11 is 0. The van der Waals surface area contributed by atoms with Crippen LogP contribution in [0.25, 0.3) is 6.08 Å². The average molecular weight is 334 g/mol. The van der Waals surface area contributed by atoms with E-state index in [-0.39, 0.29) is 19.0 Å². The highest BCUT2D eigenvalue weighted by Gasteiger charge is 1.99. The van der Waals surface area contributed by atoms with E-state index in [0.717, 1.165) is 17.7 Å². The van der Waals surface area contributed by atoms with Gasteiger partial charge in [-0.25, -0.2) is 4.79 Å². The summed E-state index contributed by atoms with van der Waals surface area (Å²) in [7, 11) is 3.15. The van der Waals surface area contributed by atoms with Crippen LogP contribution in [0.15, 0.2) is 42.5 Å². The van der Waals surface area contributed by atoms with Gasteiger partial charge >= 0.3 is 5.97 Å². The highest BCUT2D eigenvalue weighted by molar-refractivity contribution is 6.04. The van der Waals surface area contributed by atoms with E-state index in [4.69, 9.17) is 18.9 Å². The van der Waals surface area contributed by atoms with E-state index in [1.54, 1.807) is 26.4 Å². The van der Waals surface area contributed by atoms with Crippen LogP contribution >= 0.6 is 0 Å². The molecule has 0 saturated heterocycles. The van der Waals surface area contributed by atoms with Gasteiger partial charge in [-0.2, -0.15) is 0 Å². The van der Waals surface area contributed by atoms with Crippen LogP contribution in [0.2, 0.25) is 0 Å². The molecule has 0 fully saturated rings. The predicted octanol–water partition coefficient (Wildman–Crippen LogP) is 2.04. The summed E-state index contributed by atoms with van der Waals surface area (Å²) in [6, 6.07) is 7.28. The van der Waals surface area contributed by atoms with E-state index < -0.39 is 5.97 Å². The maximum Gasteiger partial charge on any atom is 0.330 e. The number of carbonyl (C=O) groups excluding carboxylic acids is 2. The zero-order chi connectivity index (χ0) is 17.6. The Hall–Kier alpha value is -2.44. The van der Waals surface area contributed by atoms with E-state index in [2.05, 4.69) is 0 Å². The van der Waals surface area contributed by atoms with Crippen molar-refractivity contribution in [2.45, 2.75) is 0 Å². The largest absolute Gasteiger partial charge is 0.497 e. The lowest BCUT2D eigenvalue weighted by molar-refractivity contribution is -0.139. The summed E-state index contributed by atoms with van der Waals surface area (Å²) in [5.74, 6) is -0.198. The molecule has 6 heteroatoms. The number of carbonyl (C=O) groups is 2. The molecule has 0 amide bonds. The Morgan fingerprint density at radius 1 is 1.00 bits per heavy atom. The molecule has 6 nitrogen and oxygen atoms in total. The molecule has 0 heterocycles. The van der Waals surface area contributed by atoms with Crippen molar-refractivity contribution in [2.75, 3.05) is 40.6 Å². The van der Waals surface area contributed by atoms with Crippen molar-refractivity contribution in [3.8, 4) is 5.75 Å². The molecule has 0 aromatic heterocycles. The maximum atomic E-state index is 11.7. The smallest absolute Gasteiger partial charge is 0.330 e. The number of esters is 1. The lowest BCUT2D eigenvalue weighted by Gasteiger charge is -2.03. The summed E-state index contributed by atoms with van der Waals surface area (Å²) < 4.78 is 19.9. The van der Waals surface area contributed by atoms with Crippen molar-refractivity contribution < 1.29 is 28.5 Å². The first-order valence-electron chi connectivity index (χ1n) is 7.43. The third-order valence-corrected chi connectivity index (χ3v) is 2.82. The molecule has 0 unspecified atom stereocenters. The van der Waals surface area contributed by atoms with Crippen LogP contribution in [0, 0.1) is 0 Å². The Kier molecular flexibility index (Phi) is 9.84. The monoisotopic (exact) mass is 334 g/mol. The number of hydrogen-bond donors (Lipinski definition) is 0. The summed E-state index contributed by atoms with van der Waals surface area (Å²) in [4.78, 5) is 23.1. The Bertz CT molecular complexity index is 577. The van der Waals surface area contributed by atoms with Gasteiger partial charge in [0.25, 0.3) is 0 Å². The van der Waals surface area contributed by atoms with E-state index in [1.807, 2.05) is 18.2 Å². The van der Waals surface area contributed by atoms with Crippen LogP contribution in [0.4, 0.5) is 0 Å². The fraction of sp³-hybridized carbons (Fsp3) is 0.333. The zero-order valence-corrected chi connectivity index (χ0v) is 13.9. The van der Waals surface area contributed by atoms with Crippen LogP contribution in [-0.4, -0.2) is 52.4 Å². The first-order chi connectivity index (χ1) is 11.7. The minimum atomic E-state index is -0.589. The number of allylic oxidation sites excluding steroid dienone is 2. The lowest BCUT2D eigenvalue weighted by atomic mass is 10.2. The fourth-order valence-electron chi connectivity index (χ4n) is 1.62. The van der Waals surface area contributed by atoms with Gasteiger partial charge in [0.15, 0.2) is 5.78 Å². The first-order valence-corrected chi connectivity index (χ1v) is 7.43. The quantitative estimate of drug-likeness (QED) is 0.350. The molecule has 130 valence electrons. The fourth-order valence-corrected chi connectivity index (χ4v) is 1.62. The van der Waals surface area contributed by atoms with Crippen molar-refractivity contribution >= 4 is 17.8 Å². The SMILES string of the molecule is COCCOCCOC(=O)/C=C/C(=O)/C=C/c1cccc(OC)c1. The molecule has 0 N–H and O–H groups in total. The minimum Gasteiger partial charge on any atom is -0.497 e. The summed E-state index contributed by atoms with van der Waals surface area (Å²) in [5.41, 5.74) is 0.826. The lowest BCUT2D eigenvalue weighted by Crippen LogP contribution is -2.11. The summed E-state index contributed by atoms with van der Waals surface area (Å²) in [6.45, 7) is 1.34. The predicted molar refractivity (Wildman–Crippen MR) is 89.8 cm³/mol. The standard InChI is InChI=1S/C18H22O6/c1-21-10-11-23-12-13-24-18(20)9-8-16(19)7-6-15-4-3-5-17(14-15)22-2/h3-9,14H,10-13H2,1-2H3/b7-6+,9-8+. The molecular formula is C18H22O6. The molecule has 0 aliphatic heterocycles. The Morgan fingerprint density at radius 3 is 2.54 bits per heavy atom. The van der Waals surface area contributed by atoms with Gasteiger partial charge < -0.3 is 18.9 Å². The third-order valence-electron chi connectivity index (χ3n) is 2.82. The Balaban J connectivity index is 2.31. The number of rotatable bonds is 11. The van der Waals surface area contributed by atoms with Gasteiger partial charge in [-0.05, 0) is 29.8 Å². The van der Waals surface area contributed by atoms with Crippen LogP contribution < -0.4 is 4.74 Å². The Labute approximate surface area is 141 Å². The average Bonchev–Trinajstić information content (AvgIpc) is 2.61. The van der Waals surface area contributed by atoms with E-state index in [0.29, 0.717) is 19.0 Å². The molecule has 0 radical (unpaired) electrons. The molecule has 0 spiro atoms. The van der Waals surface area contributed by atoms with Gasteiger partial charge in [-0.1, -0.05) is 18.2 Å². The van der Waals surface area contributed by atoms with Crippen LogP contribution in [0.3, 0.4) is 0 Å². The zero-order valence-electron chi connectivity index (χ0n) is 13.9. The molecule has 24 heavy (non-hydrogen) atoms. The van der Waals surface area contributed by atoms with Gasteiger partial charge in [0, 0.05) is 13.2 Å². The van der Waals surface area contributed by atoms with E-state index in [9.17, 15) is 9.59 Å². The van der Waals surface area contributed by atoms with Crippen LogP contribution in [-0.2, 0) is 23.8 Å². The van der Waals surface area contributed by atoms with Crippen LogP contribution in [0.1, 0.15) is 5.56 Å². The number of hydrogen-bond acceptors (Lipinski definition) is 6. The van der Waals surface area contributed by atoms with Gasteiger partial charge in [-0.3, -0.25) is 4.79 Å². The van der Waals surface area contributed by atoms with Crippen LogP contribution in [0.5, 0.6) is 5.75 Å². The number of ether oxygens (including phenoxy) is 4. The molecule has 1 aromatic carbocycles. The van der Waals surface area contributed by atoms with Gasteiger partial charge in [0.1, 0.15) is 12.4 Å². The molecule has 1 rings (SSSR count). The van der Waals surface area contributed by atoms with Gasteiger partial charge in [-0.15, -0.1) is 0 Å². The third kappa shape index (κ3) is 8.87. The van der Waals surface area contributed by atoms with Crippen molar-refractivity contribution in [2.24, 2.45) is 0 Å². The summed E-state index contributed by atoms with van der Waals surface area (Å²) in [6.07, 6.45) is 5.26. The second-order valence-electron chi connectivity index (χ2n) is 4.62. The molecule has 1 aromatic rings. The maximum absolute atomic E-state index is 11.7. The minimum absolute atomic E-state index is 0.126.